The minimum atomic E-state index is -0.269. The highest BCUT2D eigenvalue weighted by atomic mass is 16.2. The number of carbonyl (C=O) groups excluding carboxylic acids is 1. The van der Waals surface area contributed by atoms with Crippen LogP contribution in [0, 0.1) is 11.8 Å². The number of piperidine rings is 1. The lowest BCUT2D eigenvalue weighted by atomic mass is 10.0. The van der Waals surface area contributed by atoms with Crippen LogP contribution >= 0.6 is 0 Å². The molecule has 0 aromatic heterocycles. The molecule has 3 heteroatoms. The van der Waals surface area contributed by atoms with E-state index in [-0.39, 0.29) is 11.9 Å². The zero-order chi connectivity index (χ0) is 10.3. The van der Waals surface area contributed by atoms with Gasteiger partial charge in [-0.2, -0.15) is 0 Å². The van der Waals surface area contributed by atoms with Gasteiger partial charge in [-0.15, -0.1) is 0 Å². The first-order valence-corrected chi connectivity index (χ1v) is 5.65. The lowest BCUT2D eigenvalue weighted by molar-refractivity contribution is -0.132. The van der Waals surface area contributed by atoms with Crippen molar-refractivity contribution in [3.05, 3.63) is 0 Å². The van der Waals surface area contributed by atoms with Crippen molar-refractivity contribution in [2.75, 3.05) is 6.54 Å². The second kappa shape index (κ2) is 3.54. The molecule has 1 amide bonds. The van der Waals surface area contributed by atoms with Gasteiger partial charge in [0.25, 0.3) is 0 Å². The highest BCUT2D eigenvalue weighted by Gasteiger charge is 2.49. The van der Waals surface area contributed by atoms with Crippen molar-refractivity contribution in [1.82, 2.24) is 4.90 Å². The average molecular weight is 196 g/mol. The highest BCUT2D eigenvalue weighted by molar-refractivity contribution is 5.82. The topological polar surface area (TPSA) is 46.3 Å². The van der Waals surface area contributed by atoms with E-state index in [0.717, 1.165) is 18.9 Å². The van der Waals surface area contributed by atoms with E-state index in [1.54, 1.807) is 0 Å². The summed E-state index contributed by atoms with van der Waals surface area (Å²) in [6, 6.07) is 0.287. The number of carbonyl (C=O) groups is 1. The normalized spacial score (nSPS) is 31.9. The second-order valence-corrected chi connectivity index (χ2v) is 5.12. The SMILES string of the molecule is CC(C)C[C@H](N)C(=O)N1CC[C@@H]2C[C@@H]21. The van der Waals surface area contributed by atoms with Crippen LogP contribution in [-0.4, -0.2) is 29.4 Å². The highest BCUT2D eigenvalue weighted by Crippen LogP contribution is 2.44. The Balaban J connectivity index is 1.87. The van der Waals surface area contributed by atoms with Gasteiger partial charge < -0.3 is 10.6 Å². The van der Waals surface area contributed by atoms with Crippen LogP contribution in [0.4, 0.5) is 0 Å². The molecule has 0 aromatic rings. The minimum Gasteiger partial charge on any atom is -0.338 e. The van der Waals surface area contributed by atoms with Crippen LogP contribution in [0.15, 0.2) is 0 Å². The monoisotopic (exact) mass is 196 g/mol. The molecule has 1 saturated carbocycles. The largest absolute Gasteiger partial charge is 0.338 e. The van der Waals surface area contributed by atoms with Crippen molar-refractivity contribution in [3.8, 4) is 0 Å². The molecule has 1 aliphatic carbocycles. The Morgan fingerprint density at radius 1 is 1.57 bits per heavy atom. The van der Waals surface area contributed by atoms with Crippen molar-refractivity contribution in [2.24, 2.45) is 17.6 Å². The van der Waals surface area contributed by atoms with Gasteiger partial charge in [-0.1, -0.05) is 13.8 Å². The van der Waals surface area contributed by atoms with Crippen molar-refractivity contribution >= 4 is 5.91 Å². The Hall–Kier alpha value is -0.570. The van der Waals surface area contributed by atoms with Gasteiger partial charge in [0.1, 0.15) is 0 Å². The molecule has 80 valence electrons. The molecule has 3 atom stereocenters. The van der Waals surface area contributed by atoms with Gasteiger partial charge in [-0.05, 0) is 31.1 Å². The minimum absolute atomic E-state index is 0.184. The molecular weight excluding hydrogens is 176 g/mol. The molecule has 14 heavy (non-hydrogen) atoms. The standard InChI is InChI=1S/C11H20N2O/c1-7(2)5-9(12)11(14)13-4-3-8-6-10(8)13/h7-10H,3-6,12H2,1-2H3/t8-,9+,10+/m1/s1. The first kappa shape index (κ1) is 9.97. The van der Waals surface area contributed by atoms with E-state index in [1.165, 1.54) is 12.8 Å². The van der Waals surface area contributed by atoms with Gasteiger partial charge in [0, 0.05) is 12.6 Å². The van der Waals surface area contributed by atoms with E-state index in [4.69, 9.17) is 5.73 Å². The van der Waals surface area contributed by atoms with E-state index in [9.17, 15) is 4.79 Å². The molecule has 0 spiro atoms. The van der Waals surface area contributed by atoms with Crippen molar-refractivity contribution in [2.45, 2.75) is 45.2 Å². The van der Waals surface area contributed by atoms with Crippen molar-refractivity contribution < 1.29 is 4.79 Å². The molecule has 0 bridgehead atoms. The summed E-state index contributed by atoms with van der Waals surface area (Å²) in [6.45, 7) is 5.16. The predicted molar refractivity (Wildman–Crippen MR) is 55.7 cm³/mol. The number of hydrogen-bond acceptors (Lipinski definition) is 2. The quantitative estimate of drug-likeness (QED) is 0.731. The van der Waals surface area contributed by atoms with Gasteiger partial charge >= 0.3 is 0 Å². The van der Waals surface area contributed by atoms with Crippen LogP contribution < -0.4 is 5.73 Å². The Morgan fingerprint density at radius 2 is 2.29 bits per heavy atom. The molecule has 1 saturated heterocycles. The maximum Gasteiger partial charge on any atom is 0.239 e. The number of fused-ring (bicyclic) bond motifs is 1. The smallest absolute Gasteiger partial charge is 0.239 e. The number of rotatable bonds is 3. The molecule has 3 nitrogen and oxygen atoms in total. The number of hydrogen-bond donors (Lipinski definition) is 1. The van der Waals surface area contributed by atoms with Gasteiger partial charge in [0.15, 0.2) is 0 Å². The summed E-state index contributed by atoms with van der Waals surface area (Å²) in [6.07, 6.45) is 3.23. The first-order chi connectivity index (χ1) is 6.59. The number of likely N-dealkylation sites (tertiary alicyclic amines) is 1. The van der Waals surface area contributed by atoms with E-state index in [2.05, 4.69) is 13.8 Å². The summed E-state index contributed by atoms with van der Waals surface area (Å²) in [5.41, 5.74) is 5.89. The molecule has 2 aliphatic rings. The average Bonchev–Trinajstić information content (AvgIpc) is 2.76. The fourth-order valence-corrected chi connectivity index (χ4v) is 2.49. The zero-order valence-corrected chi connectivity index (χ0v) is 9.07. The van der Waals surface area contributed by atoms with Crippen LogP contribution in [-0.2, 0) is 4.79 Å². The summed E-state index contributed by atoms with van der Waals surface area (Å²) in [5, 5.41) is 0. The number of nitrogens with zero attached hydrogens (tertiary/aromatic N) is 1. The molecule has 1 aliphatic heterocycles. The number of nitrogens with two attached hydrogens (primary N) is 1. The molecule has 0 radical (unpaired) electrons. The fourth-order valence-electron chi connectivity index (χ4n) is 2.49. The van der Waals surface area contributed by atoms with Gasteiger partial charge in [0.2, 0.25) is 5.91 Å². The first-order valence-electron chi connectivity index (χ1n) is 5.65. The molecule has 1 heterocycles. The Kier molecular flexibility index (Phi) is 2.52. The zero-order valence-electron chi connectivity index (χ0n) is 9.07. The van der Waals surface area contributed by atoms with E-state index in [0.29, 0.717) is 12.0 Å². The van der Waals surface area contributed by atoms with Crippen LogP contribution in [0.2, 0.25) is 0 Å². The lowest BCUT2D eigenvalue weighted by Gasteiger charge is -2.23. The van der Waals surface area contributed by atoms with Crippen molar-refractivity contribution in [1.29, 1.82) is 0 Å². The number of amides is 1. The predicted octanol–water partition coefficient (Wildman–Crippen LogP) is 0.981. The maximum atomic E-state index is 11.9. The lowest BCUT2D eigenvalue weighted by Crippen LogP contribution is -2.44. The molecule has 2 N–H and O–H groups in total. The van der Waals surface area contributed by atoms with Gasteiger partial charge in [0.05, 0.1) is 6.04 Å². The molecule has 0 unspecified atom stereocenters. The van der Waals surface area contributed by atoms with Crippen LogP contribution in [0.3, 0.4) is 0 Å². The van der Waals surface area contributed by atoms with Crippen LogP contribution in [0.1, 0.15) is 33.1 Å². The van der Waals surface area contributed by atoms with Gasteiger partial charge in [-0.3, -0.25) is 4.79 Å². The van der Waals surface area contributed by atoms with Crippen molar-refractivity contribution in [3.63, 3.8) is 0 Å². The Labute approximate surface area is 85.6 Å². The summed E-state index contributed by atoms with van der Waals surface area (Å²) in [7, 11) is 0. The Morgan fingerprint density at radius 3 is 2.71 bits per heavy atom. The fraction of sp³-hybridized carbons (Fsp3) is 0.909. The third kappa shape index (κ3) is 1.78. The van der Waals surface area contributed by atoms with E-state index < -0.39 is 0 Å². The maximum absolute atomic E-state index is 11.9. The molecule has 2 rings (SSSR count). The Bertz CT molecular complexity index is 239. The van der Waals surface area contributed by atoms with E-state index >= 15 is 0 Å². The van der Waals surface area contributed by atoms with Crippen LogP contribution in [0.25, 0.3) is 0 Å². The second-order valence-electron chi connectivity index (χ2n) is 5.12. The third-order valence-corrected chi connectivity index (χ3v) is 3.35. The van der Waals surface area contributed by atoms with Gasteiger partial charge in [-0.25, -0.2) is 0 Å². The third-order valence-electron chi connectivity index (χ3n) is 3.35. The molecular formula is C11H20N2O. The summed E-state index contributed by atoms with van der Waals surface area (Å²) >= 11 is 0. The molecule has 0 aromatic carbocycles. The molecule has 2 fully saturated rings. The summed E-state index contributed by atoms with van der Waals surface area (Å²) < 4.78 is 0. The van der Waals surface area contributed by atoms with Crippen LogP contribution in [0.5, 0.6) is 0 Å². The summed E-state index contributed by atoms with van der Waals surface area (Å²) in [5.74, 6) is 1.50. The van der Waals surface area contributed by atoms with E-state index in [1.807, 2.05) is 4.90 Å². The summed E-state index contributed by atoms with van der Waals surface area (Å²) in [4.78, 5) is 13.9.